The molecule has 2 aromatic carbocycles. The van der Waals surface area contributed by atoms with Crippen LogP contribution >= 0.6 is 11.6 Å². The Labute approximate surface area is 138 Å². The number of hydrogen-bond acceptors (Lipinski definition) is 4. The molecule has 3 rings (SSSR count). The third kappa shape index (κ3) is 3.67. The summed E-state index contributed by atoms with van der Waals surface area (Å²) in [5, 5.41) is 13.2. The summed E-state index contributed by atoms with van der Waals surface area (Å²) in [4.78, 5) is 15.8. The Morgan fingerprint density at radius 1 is 1.04 bits per heavy atom. The molecule has 0 heterocycles. The van der Waals surface area contributed by atoms with Crippen LogP contribution in [0.3, 0.4) is 0 Å². The highest BCUT2D eigenvalue weighted by Gasteiger charge is 2.11. The Kier molecular flexibility index (Phi) is 4.26. The summed E-state index contributed by atoms with van der Waals surface area (Å²) in [5.74, 6) is -0.0364. The van der Waals surface area contributed by atoms with Gasteiger partial charge in [-0.2, -0.15) is 0 Å². The van der Waals surface area contributed by atoms with Gasteiger partial charge in [0, 0.05) is 17.8 Å². The summed E-state index contributed by atoms with van der Waals surface area (Å²) >= 11 is 6.06. The van der Waals surface area contributed by atoms with E-state index in [0.717, 1.165) is 5.69 Å². The van der Waals surface area contributed by atoms with Crippen LogP contribution in [-0.4, -0.2) is 16.6 Å². The highest BCUT2D eigenvalue weighted by molar-refractivity contribution is 6.48. The van der Waals surface area contributed by atoms with Crippen LogP contribution in [0.2, 0.25) is 0 Å². The van der Waals surface area contributed by atoms with Crippen molar-refractivity contribution in [2.75, 3.05) is 5.32 Å². The van der Waals surface area contributed by atoms with E-state index in [9.17, 15) is 9.90 Å². The summed E-state index contributed by atoms with van der Waals surface area (Å²) in [6.45, 7) is 0. The van der Waals surface area contributed by atoms with E-state index in [-0.39, 0.29) is 16.6 Å². The standard InChI is InChI=1S/C18H13ClN2O2/c19-15-10-13(22)6-8-16(15)21-17-9-7-14(23)11-18(17)20-12-4-2-1-3-5-12/h1-11,20,23H. The molecular formula is C18H13ClN2O2. The molecule has 5 heteroatoms. The van der Waals surface area contributed by atoms with Crippen LogP contribution in [0.4, 0.5) is 17.1 Å². The molecule has 0 bridgehead atoms. The molecule has 0 spiro atoms. The lowest BCUT2D eigenvalue weighted by molar-refractivity contribution is -0.110. The number of halogens is 1. The summed E-state index contributed by atoms with van der Waals surface area (Å²) < 4.78 is 0. The summed E-state index contributed by atoms with van der Waals surface area (Å²) in [7, 11) is 0. The number of nitrogens with one attached hydrogen (secondary N) is 1. The predicted molar refractivity (Wildman–Crippen MR) is 93.0 cm³/mol. The third-order valence-corrected chi connectivity index (χ3v) is 3.50. The second kappa shape index (κ2) is 6.50. The first-order valence-electron chi connectivity index (χ1n) is 6.95. The molecule has 114 valence electrons. The number of aliphatic imine (C=N–C) groups is 1. The van der Waals surface area contributed by atoms with E-state index >= 15 is 0 Å². The number of carbonyl (C=O) groups excluding carboxylic acids is 1. The van der Waals surface area contributed by atoms with Crippen LogP contribution in [0, 0.1) is 0 Å². The number of para-hydroxylation sites is 1. The number of rotatable bonds is 3. The van der Waals surface area contributed by atoms with E-state index in [0.29, 0.717) is 17.1 Å². The van der Waals surface area contributed by atoms with Gasteiger partial charge < -0.3 is 10.4 Å². The molecule has 0 aliphatic heterocycles. The normalized spacial score (nSPS) is 15.6. The number of allylic oxidation sites excluding steroid dienone is 4. The fraction of sp³-hybridized carbons (Fsp3) is 0. The minimum atomic E-state index is -0.165. The van der Waals surface area contributed by atoms with Crippen molar-refractivity contribution < 1.29 is 9.90 Å². The Balaban J connectivity index is 1.98. The van der Waals surface area contributed by atoms with Crippen molar-refractivity contribution in [2.24, 2.45) is 4.99 Å². The molecular weight excluding hydrogens is 312 g/mol. The smallest absolute Gasteiger partial charge is 0.180 e. The number of phenolic OH excluding ortho intramolecular Hbond substituents is 1. The van der Waals surface area contributed by atoms with Crippen molar-refractivity contribution in [3.63, 3.8) is 0 Å². The maximum atomic E-state index is 11.3. The number of anilines is 2. The first-order valence-corrected chi connectivity index (χ1v) is 7.33. The molecule has 1 aliphatic rings. The van der Waals surface area contributed by atoms with Gasteiger partial charge in [0.05, 0.1) is 22.1 Å². The van der Waals surface area contributed by atoms with Gasteiger partial charge in [-0.15, -0.1) is 0 Å². The largest absolute Gasteiger partial charge is 0.508 e. The Morgan fingerprint density at radius 3 is 2.57 bits per heavy atom. The van der Waals surface area contributed by atoms with Crippen LogP contribution in [0.5, 0.6) is 5.75 Å². The van der Waals surface area contributed by atoms with Crippen LogP contribution in [0.1, 0.15) is 0 Å². The SMILES string of the molecule is O=C1C=CC(=Nc2ccc(O)cc2Nc2ccccc2)C(Cl)=C1. The van der Waals surface area contributed by atoms with E-state index < -0.39 is 0 Å². The molecule has 0 unspecified atom stereocenters. The molecule has 2 N–H and O–H groups in total. The van der Waals surface area contributed by atoms with E-state index in [1.54, 1.807) is 24.3 Å². The Hall–Kier alpha value is -2.85. The highest BCUT2D eigenvalue weighted by atomic mass is 35.5. The third-order valence-electron chi connectivity index (χ3n) is 3.19. The van der Waals surface area contributed by atoms with Gasteiger partial charge in [-0.05, 0) is 36.4 Å². The van der Waals surface area contributed by atoms with Crippen LogP contribution in [0.25, 0.3) is 0 Å². The zero-order valence-corrected chi connectivity index (χ0v) is 12.8. The number of aromatic hydroxyl groups is 1. The van der Waals surface area contributed by atoms with Gasteiger partial charge in [-0.3, -0.25) is 4.79 Å². The molecule has 0 radical (unpaired) electrons. The van der Waals surface area contributed by atoms with Gasteiger partial charge in [-0.1, -0.05) is 29.8 Å². The van der Waals surface area contributed by atoms with Crippen molar-refractivity contribution in [3.8, 4) is 5.75 Å². The first-order chi connectivity index (χ1) is 11.1. The first kappa shape index (κ1) is 15.1. The fourth-order valence-corrected chi connectivity index (χ4v) is 2.32. The van der Waals surface area contributed by atoms with Gasteiger partial charge in [0.25, 0.3) is 0 Å². The number of phenols is 1. The summed E-state index contributed by atoms with van der Waals surface area (Å²) in [5.41, 5.74) is 2.61. The minimum Gasteiger partial charge on any atom is -0.508 e. The quantitative estimate of drug-likeness (QED) is 0.819. The lowest BCUT2D eigenvalue weighted by Crippen LogP contribution is -2.03. The maximum absolute atomic E-state index is 11.3. The van der Waals surface area contributed by atoms with Crippen molar-refractivity contribution in [1.29, 1.82) is 0 Å². The van der Waals surface area contributed by atoms with Gasteiger partial charge in [-0.25, -0.2) is 4.99 Å². The van der Waals surface area contributed by atoms with E-state index in [4.69, 9.17) is 11.6 Å². The molecule has 0 amide bonds. The predicted octanol–water partition coefficient (Wildman–Crippen LogP) is 4.47. The average Bonchev–Trinajstić information content (AvgIpc) is 2.53. The topological polar surface area (TPSA) is 61.7 Å². The maximum Gasteiger partial charge on any atom is 0.180 e. The van der Waals surface area contributed by atoms with Gasteiger partial charge in [0.2, 0.25) is 0 Å². The van der Waals surface area contributed by atoms with E-state index in [1.807, 2.05) is 30.3 Å². The lowest BCUT2D eigenvalue weighted by atomic mass is 10.1. The molecule has 0 saturated carbocycles. The fourth-order valence-electron chi connectivity index (χ4n) is 2.11. The molecule has 1 aliphatic carbocycles. The number of benzene rings is 2. The number of ketones is 1. The van der Waals surface area contributed by atoms with Crippen LogP contribution in [0.15, 0.2) is 76.8 Å². The molecule has 4 nitrogen and oxygen atoms in total. The molecule has 0 aromatic heterocycles. The second-order valence-corrected chi connectivity index (χ2v) is 5.32. The molecule has 0 saturated heterocycles. The molecule has 23 heavy (non-hydrogen) atoms. The Bertz CT molecular complexity index is 839. The summed E-state index contributed by atoms with van der Waals surface area (Å²) in [6, 6.07) is 14.4. The molecule has 2 aromatic rings. The van der Waals surface area contributed by atoms with Crippen molar-refractivity contribution in [1.82, 2.24) is 0 Å². The van der Waals surface area contributed by atoms with Gasteiger partial charge in [0.1, 0.15) is 5.75 Å². The highest BCUT2D eigenvalue weighted by Crippen LogP contribution is 2.32. The van der Waals surface area contributed by atoms with Crippen LogP contribution < -0.4 is 5.32 Å². The number of carbonyl (C=O) groups is 1. The molecule has 0 atom stereocenters. The van der Waals surface area contributed by atoms with E-state index in [2.05, 4.69) is 10.3 Å². The minimum absolute atomic E-state index is 0.128. The average molecular weight is 325 g/mol. The second-order valence-electron chi connectivity index (χ2n) is 4.92. The number of nitrogens with zero attached hydrogens (tertiary/aromatic N) is 1. The zero-order chi connectivity index (χ0) is 16.2. The number of hydrogen-bond donors (Lipinski definition) is 2. The molecule has 0 fully saturated rings. The van der Waals surface area contributed by atoms with Gasteiger partial charge >= 0.3 is 0 Å². The lowest BCUT2D eigenvalue weighted by Gasteiger charge is -2.11. The Morgan fingerprint density at radius 2 is 1.83 bits per heavy atom. The summed E-state index contributed by atoms with van der Waals surface area (Å²) in [6.07, 6.45) is 4.31. The monoisotopic (exact) mass is 324 g/mol. The van der Waals surface area contributed by atoms with Crippen molar-refractivity contribution in [2.45, 2.75) is 0 Å². The van der Waals surface area contributed by atoms with Gasteiger partial charge in [0.15, 0.2) is 5.78 Å². The van der Waals surface area contributed by atoms with Crippen LogP contribution in [-0.2, 0) is 4.79 Å². The van der Waals surface area contributed by atoms with Crippen molar-refractivity contribution in [3.05, 3.63) is 71.8 Å². The van der Waals surface area contributed by atoms with Crippen molar-refractivity contribution >= 4 is 40.2 Å². The zero-order valence-electron chi connectivity index (χ0n) is 12.0. The van der Waals surface area contributed by atoms with E-state index in [1.165, 1.54) is 12.2 Å².